The number of carboxylic acids is 1. The number of hydrogen-bond donors (Lipinski definition) is 3. The van der Waals surface area contributed by atoms with E-state index in [-0.39, 0.29) is 17.9 Å². The number of aromatic carboxylic acids is 1. The van der Waals surface area contributed by atoms with Gasteiger partial charge in [0.1, 0.15) is 12.2 Å². The Labute approximate surface area is 97.8 Å². The van der Waals surface area contributed by atoms with E-state index in [2.05, 4.69) is 4.98 Å². The number of hydrogen-bond acceptors (Lipinski definition) is 3. The molecule has 17 heavy (non-hydrogen) atoms. The molecule has 0 aliphatic rings. The van der Waals surface area contributed by atoms with Crippen LogP contribution in [0.1, 0.15) is 16.1 Å². The summed E-state index contributed by atoms with van der Waals surface area (Å²) in [6.45, 7) is 0.251. The minimum Gasteiger partial charge on any atom is -0.484 e. The molecule has 0 atom stereocenters. The maximum absolute atomic E-state index is 11.0. The van der Waals surface area contributed by atoms with Gasteiger partial charge in [-0.2, -0.15) is 0 Å². The van der Waals surface area contributed by atoms with E-state index in [9.17, 15) is 4.79 Å². The molecular formula is C12H12N2O3. The number of nitrogen functional groups attached to an aromatic ring is 1. The number of carbonyl (C=O) groups is 1. The van der Waals surface area contributed by atoms with Gasteiger partial charge >= 0.3 is 5.97 Å². The van der Waals surface area contributed by atoms with Crippen LogP contribution in [-0.2, 0) is 6.61 Å². The van der Waals surface area contributed by atoms with Crippen LogP contribution in [-0.4, -0.2) is 16.1 Å². The van der Waals surface area contributed by atoms with Crippen molar-refractivity contribution in [3.8, 4) is 5.75 Å². The van der Waals surface area contributed by atoms with E-state index in [0.717, 1.165) is 5.69 Å². The molecule has 5 heteroatoms. The van der Waals surface area contributed by atoms with Crippen molar-refractivity contribution >= 4 is 11.7 Å². The average Bonchev–Trinajstić information content (AvgIpc) is 2.80. The van der Waals surface area contributed by atoms with Crippen LogP contribution in [0.25, 0.3) is 0 Å². The molecule has 88 valence electrons. The summed E-state index contributed by atoms with van der Waals surface area (Å²) < 4.78 is 5.44. The number of ether oxygens (including phenoxy) is 1. The second-order valence-electron chi connectivity index (χ2n) is 3.51. The lowest BCUT2D eigenvalue weighted by molar-refractivity contribution is 0.0692. The summed E-state index contributed by atoms with van der Waals surface area (Å²) in [5.74, 6) is -0.853. The quantitative estimate of drug-likeness (QED) is 0.702. The van der Waals surface area contributed by atoms with Gasteiger partial charge in [-0.15, -0.1) is 0 Å². The largest absolute Gasteiger partial charge is 0.484 e. The Balaban J connectivity index is 2.22. The van der Waals surface area contributed by atoms with Gasteiger partial charge in [0.05, 0.1) is 11.4 Å². The maximum atomic E-state index is 11.0. The number of para-hydroxylation sites is 1. The number of nitrogens with two attached hydrogens (primary N) is 1. The summed E-state index contributed by atoms with van der Waals surface area (Å²) in [5, 5.41) is 9.00. The average molecular weight is 232 g/mol. The van der Waals surface area contributed by atoms with Crippen LogP contribution < -0.4 is 10.5 Å². The fourth-order valence-electron chi connectivity index (χ4n) is 1.49. The molecule has 0 amide bonds. The standard InChI is InChI=1S/C12H12N2O3/c13-10-5-1-4-9(12(15)16)11(10)17-7-8-3-2-6-14-8/h1-6,14H,7,13H2,(H,15,16). The lowest BCUT2D eigenvalue weighted by Gasteiger charge is -2.10. The van der Waals surface area contributed by atoms with E-state index in [1.54, 1.807) is 18.3 Å². The zero-order valence-corrected chi connectivity index (χ0v) is 9.01. The molecule has 4 N–H and O–H groups in total. The summed E-state index contributed by atoms with van der Waals surface area (Å²) in [6.07, 6.45) is 1.77. The lowest BCUT2D eigenvalue weighted by Crippen LogP contribution is -2.06. The van der Waals surface area contributed by atoms with Gasteiger partial charge in [-0.05, 0) is 24.3 Å². The fraction of sp³-hybridized carbons (Fsp3) is 0.0833. The Kier molecular flexibility index (Phi) is 3.00. The Morgan fingerprint density at radius 3 is 2.82 bits per heavy atom. The highest BCUT2D eigenvalue weighted by Crippen LogP contribution is 2.27. The summed E-state index contributed by atoms with van der Waals surface area (Å²) in [7, 11) is 0. The van der Waals surface area contributed by atoms with Crippen molar-refractivity contribution in [3.63, 3.8) is 0 Å². The fourth-order valence-corrected chi connectivity index (χ4v) is 1.49. The topological polar surface area (TPSA) is 88.3 Å². The van der Waals surface area contributed by atoms with Crippen LogP contribution in [0, 0.1) is 0 Å². The normalized spacial score (nSPS) is 10.1. The highest BCUT2D eigenvalue weighted by atomic mass is 16.5. The Morgan fingerprint density at radius 1 is 1.35 bits per heavy atom. The van der Waals surface area contributed by atoms with Gasteiger partial charge in [0.25, 0.3) is 0 Å². The first kappa shape index (κ1) is 11.1. The van der Waals surface area contributed by atoms with Crippen molar-refractivity contribution in [2.45, 2.75) is 6.61 Å². The number of anilines is 1. The van der Waals surface area contributed by atoms with Gasteiger partial charge in [-0.25, -0.2) is 4.79 Å². The molecule has 0 unspecified atom stereocenters. The van der Waals surface area contributed by atoms with Crippen molar-refractivity contribution in [1.29, 1.82) is 0 Å². The first-order valence-electron chi connectivity index (χ1n) is 5.05. The molecule has 0 bridgehead atoms. The van der Waals surface area contributed by atoms with E-state index >= 15 is 0 Å². The van der Waals surface area contributed by atoms with Crippen LogP contribution >= 0.6 is 0 Å². The van der Waals surface area contributed by atoms with Crippen molar-refractivity contribution in [2.75, 3.05) is 5.73 Å². The minimum absolute atomic E-state index is 0.0663. The van der Waals surface area contributed by atoms with Crippen molar-refractivity contribution in [2.24, 2.45) is 0 Å². The SMILES string of the molecule is Nc1cccc(C(=O)O)c1OCc1ccc[nH]1. The second kappa shape index (κ2) is 4.61. The molecule has 1 aromatic heterocycles. The van der Waals surface area contributed by atoms with Crippen LogP contribution in [0.4, 0.5) is 5.69 Å². The van der Waals surface area contributed by atoms with Crippen molar-refractivity contribution < 1.29 is 14.6 Å². The third-order valence-corrected chi connectivity index (χ3v) is 2.31. The molecule has 0 spiro atoms. The molecule has 1 aromatic carbocycles. The molecular weight excluding hydrogens is 220 g/mol. The summed E-state index contributed by atoms with van der Waals surface area (Å²) in [6, 6.07) is 8.34. The van der Waals surface area contributed by atoms with Gasteiger partial charge in [-0.1, -0.05) is 6.07 Å². The predicted molar refractivity (Wildman–Crippen MR) is 62.9 cm³/mol. The molecule has 0 aliphatic heterocycles. The van der Waals surface area contributed by atoms with Gasteiger partial charge in [-0.3, -0.25) is 0 Å². The van der Waals surface area contributed by atoms with E-state index in [4.69, 9.17) is 15.6 Å². The van der Waals surface area contributed by atoms with Gasteiger partial charge in [0.15, 0.2) is 5.75 Å². The molecule has 5 nitrogen and oxygen atoms in total. The summed E-state index contributed by atoms with van der Waals surface area (Å²) in [5.41, 5.74) is 6.93. The number of nitrogens with one attached hydrogen (secondary N) is 1. The second-order valence-corrected chi connectivity index (χ2v) is 3.51. The molecule has 2 aromatic rings. The predicted octanol–water partition coefficient (Wildman–Crippen LogP) is 1.87. The smallest absolute Gasteiger partial charge is 0.339 e. The number of rotatable bonds is 4. The first-order chi connectivity index (χ1) is 8.18. The third kappa shape index (κ3) is 2.39. The third-order valence-electron chi connectivity index (χ3n) is 2.31. The lowest BCUT2D eigenvalue weighted by atomic mass is 10.2. The van der Waals surface area contributed by atoms with Gasteiger partial charge in [0, 0.05) is 6.20 Å². The highest BCUT2D eigenvalue weighted by Gasteiger charge is 2.13. The zero-order valence-electron chi connectivity index (χ0n) is 9.01. The monoisotopic (exact) mass is 232 g/mol. The number of aromatic nitrogens is 1. The van der Waals surface area contributed by atoms with E-state index < -0.39 is 5.97 Å². The van der Waals surface area contributed by atoms with E-state index in [0.29, 0.717) is 5.69 Å². The van der Waals surface area contributed by atoms with E-state index in [1.165, 1.54) is 6.07 Å². The van der Waals surface area contributed by atoms with Crippen LogP contribution in [0.3, 0.4) is 0 Å². The first-order valence-corrected chi connectivity index (χ1v) is 5.05. The minimum atomic E-state index is -1.06. The molecule has 0 radical (unpaired) electrons. The number of H-pyrrole nitrogens is 1. The zero-order chi connectivity index (χ0) is 12.3. The molecule has 2 rings (SSSR count). The van der Waals surface area contributed by atoms with E-state index in [1.807, 2.05) is 12.1 Å². The summed E-state index contributed by atoms with van der Waals surface area (Å²) >= 11 is 0. The summed E-state index contributed by atoms with van der Waals surface area (Å²) in [4.78, 5) is 14.0. The van der Waals surface area contributed by atoms with Crippen molar-refractivity contribution in [3.05, 3.63) is 47.8 Å². The molecule has 0 fully saturated rings. The molecule has 0 aliphatic carbocycles. The Morgan fingerprint density at radius 2 is 2.18 bits per heavy atom. The van der Waals surface area contributed by atoms with Crippen LogP contribution in [0.2, 0.25) is 0 Å². The number of carboxylic acid groups (broad SMARTS) is 1. The van der Waals surface area contributed by atoms with Gasteiger partial charge in [0.2, 0.25) is 0 Å². The highest BCUT2D eigenvalue weighted by molar-refractivity contribution is 5.93. The molecule has 0 saturated heterocycles. The van der Waals surface area contributed by atoms with Crippen molar-refractivity contribution in [1.82, 2.24) is 4.98 Å². The Hall–Kier alpha value is -2.43. The molecule has 0 saturated carbocycles. The maximum Gasteiger partial charge on any atom is 0.339 e. The number of benzene rings is 1. The number of aromatic amines is 1. The van der Waals surface area contributed by atoms with Gasteiger partial charge < -0.3 is 20.6 Å². The Bertz CT molecular complexity index is 521. The van der Waals surface area contributed by atoms with Crippen LogP contribution in [0.15, 0.2) is 36.5 Å². The molecule has 1 heterocycles. The van der Waals surface area contributed by atoms with Crippen LogP contribution in [0.5, 0.6) is 5.75 Å².